The Balaban J connectivity index is 2.19. The van der Waals surface area contributed by atoms with Gasteiger partial charge in [0.05, 0.1) is 5.92 Å². The summed E-state index contributed by atoms with van der Waals surface area (Å²) in [6, 6.07) is 15.6. The summed E-state index contributed by atoms with van der Waals surface area (Å²) < 4.78 is 5.08. The van der Waals surface area contributed by atoms with Crippen LogP contribution < -0.4 is 11.5 Å². The Kier molecular flexibility index (Phi) is 5.95. The van der Waals surface area contributed by atoms with E-state index in [9.17, 15) is 14.4 Å². The van der Waals surface area contributed by atoms with Gasteiger partial charge in [0, 0.05) is 16.7 Å². The predicted molar refractivity (Wildman–Crippen MR) is 96.7 cm³/mol. The number of ketones is 1. The number of nitrogens with two attached hydrogens (primary N) is 2. The molecule has 0 aliphatic heterocycles. The predicted octanol–water partition coefficient (Wildman–Crippen LogP) is 1.25. The van der Waals surface area contributed by atoms with E-state index >= 15 is 0 Å². The van der Waals surface area contributed by atoms with Gasteiger partial charge in [0.25, 0.3) is 0 Å². The van der Waals surface area contributed by atoms with Crippen LogP contribution in [0.3, 0.4) is 0 Å². The monoisotopic (exact) mass is 368 g/mol. The van der Waals surface area contributed by atoms with Crippen LogP contribution >= 0.6 is 0 Å². The number of aliphatic carboxylic acids is 1. The lowest BCUT2D eigenvalue weighted by Crippen LogP contribution is -2.59. The highest BCUT2D eigenvalue weighted by Crippen LogP contribution is 2.20. The van der Waals surface area contributed by atoms with Crippen molar-refractivity contribution in [1.82, 2.24) is 0 Å². The maximum absolute atomic E-state index is 12.5. The summed E-state index contributed by atoms with van der Waals surface area (Å²) in [4.78, 5) is 35.9. The van der Waals surface area contributed by atoms with Gasteiger partial charge in [-0.1, -0.05) is 42.5 Å². The third-order valence-electron chi connectivity index (χ3n) is 4.08. The van der Waals surface area contributed by atoms with Crippen LogP contribution in [0.2, 0.25) is 0 Å². The first-order chi connectivity index (χ1) is 12.6. The number of carbonyl (C=O) groups excluding carboxylic acids is 2. The van der Waals surface area contributed by atoms with Crippen molar-refractivity contribution in [2.45, 2.75) is 31.5 Å². The van der Waals surface area contributed by atoms with Crippen LogP contribution in [-0.2, 0) is 14.3 Å². The smallest absolute Gasteiger partial charge is 0.326 e. The maximum Gasteiger partial charge on any atom is 0.326 e. The van der Waals surface area contributed by atoms with E-state index < -0.39 is 29.6 Å². The van der Waals surface area contributed by atoms with E-state index in [1.165, 1.54) is 26.0 Å². The number of rotatable bonds is 7. The number of carbonyl (C=O) groups is 3. The number of ether oxygens (including phenoxy) is 1. The average Bonchev–Trinajstić information content (AvgIpc) is 2.66. The highest BCUT2D eigenvalue weighted by Gasteiger charge is 2.38. The van der Waals surface area contributed by atoms with E-state index in [0.29, 0.717) is 16.7 Å². The molecule has 27 heavy (non-hydrogen) atoms. The van der Waals surface area contributed by atoms with Crippen molar-refractivity contribution in [3.63, 3.8) is 0 Å². The Morgan fingerprint density at radius 1 is 1.19 bits per heavy atom. The van der Waals surface area contributed by atoms with Crippen LogP contribution in [0.1, 0.15) is 41.3 Å². The molecular weight excluding hydrogens is 348 g/mol. The summed E-state index contributed by atoms with van der Waals surface area (Å²) in [5, 5.41) is 8.95. The van der Waals surface area contributed by atoms with Crippen LogP contribution in [-0.4, -0.2) is 34.6 Å². The van der Waals surface area contributed by atoms with Crippen LogP contribution in [0.15, 0.2) is 42.5 Å². The topological polar surface area (TPSA) is 133 Å². The zero-order valence-electron chi connectivity index (χ0n) is 14.9. The highest BCUT2D eigenvalue weighted by molar-refractivity contribution is 6.09. The maximum atomic E-state index is 12.5. The molecule has 5 N–H and O–H groups in total. The molecule has 0 heterocycles. The minimum Gasteiger partial charge on any atom is -0.480 e. The van der Waals surface area contributed by atoms with E-state index in [1.54, 1.807) is 30.3 Å². The van der Waals surface area contributed by atoms with E-state index in [2.05, 4.69) is 12.1 Å². The van der Waals surface area contributed by atoms with Crippen LogP contribution in [0.4, 0.5) is 0 Å². The fourth-order valence-corrected chi connectivity index (χ4v) is 2.30. The minimum absolute atomic E-state index is 0.223. The first-order valence-electron chi connectivity index (χ1n) is 8.16. The molecule has 0 bridgehead atoms. The van der Waals surface area contributed by atoms with Gasteiger partial charge in [0.2, 0.25) is 0 Å². The van der Waals surface area contributed by atoms with Gasteiger partial charge in [-0.3, -0.25) is 20.1 Å². The zero-order valence-corrected chi connectivity index (χ0v) is 14.9. The number of hydrogen-bond acceptors (Lipinski definition) is 6. The van der Waals surface area contributed by atoms with Gasteiger partial charge < -0.3 is 15.6 Å². The second kappa shape index (κ2) is 7.99. The van der Waals surface area contributed by atoms with Crippen LogP contribution in [0.25, 0.3) is 0 Å². The molecule has 7 nitrogen and oxygen atoms in total. The summed E-state index contributed by atoms with van der Waals surface area (Å²) in [5.41, 5.74) is 10.5. The summed E-state index contributed by atoms with van der Waals surface area (Å²) in [5.74, 6) is -3.26. The molecular formula is C20H20N2O5. The second-order valence-electron chi connectivity index (χ2n) is 6.31. The summed E-state index contributed by atoms with van der Waals surface area (Å²) in [6.07, 6.45) is 0. The van der Waals surface area contributed by atoms with Crippen molar-refractivity contribution >= 4 is 17.7 Å². The molecule has 0 aromatic heterocycles. The molecule has 2 rings (SSSR count). The summed E-state index contributed by atoms with van der Waals surface area (Å²) in [6.45, 7) is 2.74. The van der Waals surface area contributed by atoms with Gasteiger partial charge in [-0.15, -0.1) is 0 Å². The van der Waals surface area contributed by atoms with Gasteiger partial charge in [-0.25, -0.2) is 0 Å². The fraction of sp³-hybridized carbons (Fsp3) is 0.250. The third-order valence-corrected chi connectivity index (χ3v) is 4.08. The molecule has 0 amide bonds. The molecule has 7 heteroatoms. The highest BCUT2D eigenvalue weighted by atomic mass is 16.6. The third kappa shape index (κ3) is 4.70. The molecule has 0 saturated heterocycles. The molecule has 0 aliphatic rings. The quantitative estimate of drug-likeness (QED) is 0.380. The Bertz CT molecular complexity index is 848. The standard InChI is InChI=1S/C20H20N2O5/c1-12(19(26)27-20(2,22)17(21)18(24)25)14-9-6-10-15(11-14)16(23)13-7-4-3-5-8-13/h3-5,7-8,10-12,17H,21-22H2,1-2H3,(H,24,25)/t12-,17?,20+/m0/s1. The summed E-state index contributed by atoms with van der Waals surface area (Å²) in [7, 11) is 0. The average molecular weight is 368 g/mol. The second-order valence-corrected chi connectivity index (χ2v) is 6.31. The molecule has 0 spiro atoms. The van der Waals surface area contributed by atoms with Crippen molar-refractivity contribution in [2.75, 3.05) is 0 Å². The molecule has 140 valence electrons. The lowest BCUT2D eigenvalue weighted by Gasteiger charge is -2.29. The normalized spacial score (nSPS) is 15.0. The van der Waals surface area contributed by atoms with Crippen molar-refractivity contribution in [2.24, 2.45) is 11.5 Å². The van der Waals surface area contributed by atoms with Crippen molar-refractivity contribution in [1.29, 1.82) is 0 Å². The Morgan fingerprint density at radius 2 is 1.81 bits per heavy atom. The number of benzene rings is 1. The fourth-order valence-electron chi connectivity index (χ4n) is 2.30. The number of carboxylic acids is 1. The van der Waals surface area contributed by atoms with E-state index in [0.717, 1.165) is 0 Å². The first-order valence-corrected chi connectivity index (χ1v) is 8.16. The zero-order chi connectivity index (χ0) is 20.2. The van der Waals surface area contributed by atoms with Crippen molar-refractivity contribution in [3.8, 4) is 0 Å². The van der Waals surface area contributed by atoms with E-state index in [4.69, 9.17) is 21.3 Å². The molecule has 2 aromatic rings. The van der Waals surface area contributed by atoms with Gasteiger partial charge in [-0.05, 0) is 26.0 Å². The SMILES string of the molecule is C[C@H](C(=O)O[C@@](C)(N)C(N)C(=O)O)c1c#ccc(C(=O)c2ccccc2)c1. The van der Waals surface area contributed by atoms with Crippen LogP contribution in [0, 0.1) is 12.1 Å². The largest absolute Gasteiger partial charge is 0.480 e. The van der Waals surface area contributed by atoms with E-state index in [1.807, 2.05) is 0 Å². The summed E-state index contributed by atoms with van der Waals surface area (Å²) >= 11 is 0. The van der Waals surface area contributed by atoms with Gasteiger partial charge in [-0.2, -0.15) is 0 Å². The van der Waals surface area contributed by atoms with Gasteiger partial charge >= 0.3 is 11.9 Å². The number of carboxylic acid groups (broad SMARTS) is 1. The molecule has 0 fully saturated rings. The van der Waals surface area contributed by atoms with Crippen LogP contribution in [0.5, 0.6) is 0 Å². The van der Waals surface area contributed by atoms with Gasteiger partial charge in [0.15, 0.2) is 17.6 Å². The minimum atomic E-state index is -1.89. The Morgan fingerprint density at radius 3 is 2.41 bits per heavy atom. The van der Waals surface area contributed by atoms with E-state index in [-0.39, 0.29) is 5.78 Å². The lowest BCUT2D eigenvalue weighted by atomic mass is 9.97. The van der Waals surface area contributed by atoms with Crippen molar-refractivity contribution < 1.29 is 24.2 Å². The number of esters is 1. The van der Waals surface area contributed by atoms with Crippen molar-refractivity contribution in [3.05, 3.63) is 71.3 Å². The Labute approximate surface area is 156 Å². The molecule has 1 unspecified atom stereocenters. The molecule has 0 aliphatic carbocycles. The lowest BCUT2D eigenvalue weighted by molar-refractivity contribution is -0.166. The molecule has 3 atom stereocenters. The Hall–Kier alpha value is -3.21. The first kappa shape index (κ1) is 20.1. The molecule has 2 aromatic carbocycles. The number of hydrogen-bond donors (Lipinski definition) is 3. The molecule has 0 saturated carbocycles. The van der Waals surface area contributed by atoms with Gasteiger partial charge in [0.1, 0.15) is 0 Å². The molecule has 0 radical (unpaired) electrons.